The Balaban J connectivity index is 3.25. The molecule has 0 saturated heterocycles. The fourth-order valence-electron chi connectivity index (χ4n) is 0.952. The normalized spacial score (nSPS) is 11.7. The molecule has 0 spiro atoms. The van der Waals surface area contributed by atoms with Gasteiger partial charge in [0.15, 0.2) is 6.29 Å². The minimum atomic E-state index is -5.06. The second kappa shape index (κ2) is 5.10. The molecule has 0 aromatic carbocycles. The highest BCUT2D eigenvalue weighted by atomic mass is 127. The number of hydrogen-bond donors (Lipinski definition) is 0. The van der Waals surface area contributed by atoms with Crippen LogP contribution < -0.4 is 4.74 Å². The van der Waals surface area contributed by atoms with Crippen LogP contribution in [0.25, 0.3) is 0 Å². The third-order valence-electron chi connectivity index (χ3n) is 1.55. The summed E-state index contributed by atoms with van der Waals surface area (Å²) in [5.74, 6) is -1.09. The molecule has 1 aromatic rings. The molecule has 0 unspecified atom stereocenters. The molecule has 0 aliphatic carbocycles. The van der Waals surface area contributed by atoms with Crippen molar-refractivity contribution in [3.05, 3.63) is 20.9 Å². The first kappa shape index (κ1) is 14.1. The van der Waals surface area contributed by atoms with Gasteiger partial charge < -0.3 is 4.74 Å². The average molecular weight is 367 g/mol. The Hall–Kier alpha value is -1.00. The number of halogens is 6. The highest BCUT2D eigenvalue weighted by Crippen LogP contribution is 2.30. The summed E-state index contributed by atoms with van der Waals surface area (Å²) in [7, 11) is 0. The maximum absolute atomic E-state index is 12.5. The Bertz CT molecular complexity index is 435. The Morgan fingerprint density at radius 3 is 2.41 bits per heavy atom. The van der Waals surface area contributed by atoms with Crippen molar-refractivity contribution < 1.29 is 31.5 Å². The van der Waals surface area contributed by atoms with E-state index >= 15 is 0 Å². The van der Waals surface area contributed by atoms with E-state index in [1.165, 1.54) is 22.6 Å². The second-order valence-corrected chi connectivity index (χ2v) is 3.79. The second-order valence-electron chi connectivity index (χ2n) is 2.72. The predicted octanol–water partition coefficient (Wildman–Crippen LogP) is 3.33. The van der Waals surface area contributed by atoms with Gasteiger partial charge in [-0.25, -0.2) is 13.8 Å². The van der Waals surface area contributed by atoms with Gasteiger partial charge in [-0.15, -0.1) is 13.2 Å². The molecule has 0 aliphatic heterocycles. The number of pyridine rings is 1. The van der Waals surface area contributed by atoms with Crippen LogP contribution in [0.4, 0.5) is 22.0 Å². The van der Waals surface area contributed by atoms with Crippen LogP contribution in [-0.2, 0) is 0 Å². The molecule has 0 saturated carbocycles. The molecule has 0 fully saturated rings. The Morgan fingerprint density at radius 2 is 2.00 bits per heavy atom. The number of carbonyl (C=O) groups is 1. The summed E-state index contributed by atoms with van der Waals surface area (Å²) in [6.45, 7) is 0. The van der Waals surface area contributed by atoms with Crippen molar-refractivity contribution in [3.63, 3.8) is 0 Å². The summed E-state index contributed by atoms with van der Waals surface area (Å²) in [6, 6.07) is 0.451. The quantitative estimate of drug-likeness (QED) is 0.468. The molecule has 0 radical (unpaired) electrons. The van der Waals surface area contributed by atoms with Crippen molar-refractivity contribution in [2.45, 2.75) is 12.8 Å². The van der Waals surface area contributed by atoms with Crippen molar-refractivity contribution in [1.82, 2.24) is 4.98 Å². The largest absolute Gasteiger partial charge is 0.574 e. The number of carbonyl (C=O) groups excluding carboxylic acids is 1. The number of alkyl halides is 5. The van der Waals surface area contributed by atoms with Crippen LogP contribution in [-0.4, -0.2) is 17.6 Å². The minimum Gasteiger partial charge on any atom is -0.388 e. The first-order valence-electron chi connectivity index (χ1n) is 3.94. The molecular weight excluding hydrogens is 364 g/mol. The van der Waals surface area contributed by atoms with Gasteiger partial charge >= 0.3 is 6.36 Å². The SMILES string of the molecule is O=Cc1nc(OC(F)(F)F)cc(C(F)F)c1I. The lowest BCUT2D eigenvalue weighted by molar-refractivity contribution is -0.276. The van der Waals surface area contributed by atoms with Gasteiger partial charge in [-0.2, -0.15) is 0 Å². The van der Waals surface area contributed by atoms with E-state index in [0.29, 0.717) is 6.07 Å². The Labute approximate surface area is 105 Å². The van der Waals surface area contributed by atoms with Gasteiger partial charge in [-0.05, 0) is 22.6 Å². The number of hydrogen-bond acceptors (Lipinski definition) is 3. The van der Waals surface area contributed by atoms with E-state index in [2.05, 4.69) is 9.72 Å². The fourth-order valence-corrected chi connectivity index (χ4v) is 1.59. The standard InChI is InChI=1S/C8H3F5INO2/c9-7(10)3-1-5(17-8(11,12)13)15-4(2-16)6(3)14/h1-2,7H. The minimum absolute atomic E-state index is 0.0802. The molecule has 17 heavy (non-hydrogen) atoms. The van der Waals surface area contributed by atoms with Crippen LogP contribution >= 0.6 is 22.6 Å². The molecule has 0 atom stereocenters. The molecule has 1 rings (SSSR count). The maximum atomic E-state index is 12.5. The highest BCUT2D eigenvalue weighted by Gasteiger charge is 2.33. The zero-order valence-electron chi connectivity index (χ0n) is 7.76. The number of nitrogens with zero attached hydrogens (tertiary/aromatic N) is 1. The lowest BCUT2D eigenvalue weighted by Crippen LogP contribution is -2.19. The lowest BCUT2D eigenvalue weighted by Gasteiger charge is -2.11. The van der Waals surface area contributed by atoms with E-state index in [1.54, 1.807) is 0 Å². The third kappa shape index (κ3) is 3.75. The molecule has 9 heteroatoms. The van der Waals surface area contributed by atoms with E-state index in [1.807, 2.05) is 0 Å². The third-order valence-corrected chi connectivity index (χ3v) is 2.73. The number of aldehydes is 1. The van der Waals surface area contributed by atoms with Crippen molar-refractivity contribution in [3.8, 4) is 5.88 Å². The summed E-state index contributed by atoms with van der Waals surface area (Å²) in [6.07, 6.45) is -8.00. The van der Waals surface area contributed by atoms with Crippen LogP contribution in [0.1, 0.15) is 22.5 Å². The van der Waals surface area contributed by atoms with Gasteiger partial charge in [0.2, 0.25) is 5.88 Å². The summed E-state index contributed by atoms with van der Waals surface area (Å²) >= 11 is 1.40. The molecule has 3 nitrogen and oxygen atoms in total. The van der Waals surface area contributed by atoms with Gasteiger partial charge in [0.1, 0.15) is 5.69 Å². The first-order valence-corrected chi connectivity index (χ1v) is 5.02. The first-order chi connectivity index (χ1) is 7.74. The summed E-state index contributed by atoms with van der Waals surface area (Å²) in [5.41, 5.74) is -1.26. The zero-order valence-corrected chi connectivity index (χ0v) is 9.92. The molecule has 0 amide bonds. The van der Waals surface area contributed by atoms with Crippen molar-refractivity contribution >= 4 is 28.9 Å². The number of ether oxygens (including phenoxy) is 1. The molecule has 94 valence electrons. The van der Waals surface area contributed by atoms with Crippen LogP contribution in [0.15, 0.2) is 6.07 Å². The summed E-state index contributed by atoms with van der Waals surface area (Å²) < 4.78 is 63.7. The molecular formula is C8H3F5INO2. The zero-order chi connectivity index (χ0) is 13.2. The van der Waals surface area contributed by atoms with Crippen LogP contribution in [0.5, 0.6) is 5.88 Å². The topological polar surface area (TPSA) is 39.2 Å². The smallest absolute Gasteiger partial charge is 0.388 e. The monoisotopic (exact) mass is 367 g/mol. The van der Waals surface area contributed by atoms with Crippen molar-refractivity contribution in [1.29, 1.82) is 0 Å². The summed E-state index contributed by atoms with van der Waals surface area (Å²) in [4.78, 5) is 13.6. The van der Waals surface area contributed by atoms with E-state index < -0.39 is 29.9 Å². The van der Waals surface area contributed by atoms with Gasteiger partial charge in [0.25, 0.3) is 6.43 Å². The van der Waals surface area contributed by atoms with Crippen LogP contribution in [0.2, 0.25) is 0 Å². The van der Waals surface area contributed by atoms with E-state index in [9.17, 15) is 26.7 Å². The van der Waals surface area contributed by atoms with Gasteiger partial charge in [0.05, 0.1) is 3.57 Å². The van der Waals surface area contributed by atoms with E-state index in [-0.39, 0.29) is 9.86 Å². The van der Waals surface area contributed by atoms with E-state index in [4.69, 9.17) is 0 Å². The summed E-state index contributed by atoms with van der Waals surface area (Å²) in [5, 5.41) is 0. The fraction of sp³-hybridized carbons (Fsp3) is 0.250. The number of aromatic nitrogens is 1. The number of rotatable bonds is 3. The van der Waals surface area contributed by atoms with Gasteiger partial charge in [-0.1, -0.05) is 0 Å². The Morgan fingerprint density at radius 1 is 1.41 bits per heavy atom. The lowest BCUT2D eigenvalue weighted by atomic mass is 10.2. The molecule has 0 N–H and O–H groups in total. The molecule has 0 aliphatic rings. The van der Waals surface area contributed by atoms with Gasteiger partial charge in [-0.3, -0.25) is 4.79 Å². The van der Waals surface area contributed by atoms with Crippen molar-refractivity contribution in [2.75, 3.05) is 0 Å². The predicted molar refractivity (Wildman–Crippen MR) is 54.0 cm³/mol. The van der Waals surface area contributed by atoms with E-state index in [0.717, 1.165) is 0 Å². The van der Waals surface area contributed by atoms with Crippen LogP contribution in [0.3, 0.4) is 0 Å². The molecule has 1 aromatic heterocycles. The van der Waals surface area contributed by atoms with Crippen LogP contribution in [0, 0.1) is 3.57 Å². The van der Waals surface area contributed by atoms with Crippen molar-refractivity contribution in [2.24, 2.45) is 0 Å². The molecule has 0 bridgehead atoms. The average Bonchev–Trinajstić information content (AvgIpc) is 2.17. The molecule has 1 heterocycles. The Kier molecular flexibility index (Phi) is 4.22. The maximum Gasteiger partial charge on any atom is 0.574 e. The highest BCUT2D eigenvalue weighted by molar-refractivity contribution is 14.1. The van der Waals surface area contributed by atoms with Gasteiger partial charge in [0, 0.05) is 11.6 Å².